The number of anilines is 1. The molecule has 1 aliphatic rings. The van der Waals surface area contributed by atoms with E-state index in [1.807, 2.05) is 6.07 Å². The lowest BCUT2D eigenvalue weighted by molar-refractivity contribution is 0.199. The van der Waals surface area contributed by atoms with Crippen molar-refractivity contribution in [3.05, 3.63) is 59.4 Å². The van der Waals surface area contributed by atoms with Gasteiger partial charge in [-0.15, -0.1) is 0 Å². The molecule has 1 aromatic heterocycles. The summed E-state index contributed by atoms with van der Waals surface area (Å²) in [5.41, 5.74) is 7.51. The number of carbonyl (C=O) groups excluding carboxylic acids is 1. The Morgan fingerprint density at radius 1 is 1.21 bits per heavy atom. The Hall–Kier alpha value is -2.11. The fourth-order valence-corrected chi connectivity index (χ4v) is 3.44. The molecule has 2 N–H and O–H groups in total. The molecule has 24 heavy (non-hydrogen) atoms. The van der Waals surface area contributed by atoms with E-state index in [0.29, 0.717) is 10.8 Å². The highest BCUT2D eigenvalue weighted by atomic mass is 35.5. The van der Waals surface area contributed by atoms with Crippen LogP contribution in [-0.4, -0.2) is 35.0 Å². The first-order valence-electron chi connectivity index (χ1n) is 8.10. The van der Waals surface area contributed by atoms with Gasteiger partial charge in [0.1, 0.15) is 0 Å². The molecule has 0 spiro atoms. The van der Waals surface area contributed by atoms with Crippen LogP contribution in [0.2, 0.25) is 5.15 Å². The molecule has 1 aliphatic heterocycles. The van der Waals surface area contributed by atoms with Gasteiger partial charge in [-0.05, 0) is 30.5 Å². The summed E-state index contributed by atoms with van der Waals surface area (Å²) in [4.78, 5) is 20.0. The van der Waals surface area contributed by atoms with E-state index in [1.54, 1.807) is 23.2 Å². The highest BCUT2D eigenvalue weighted by Crippen LogP contribution is 2.28. The zero-order chi connectivity index (χ0) is 16.9. The smallest absolute Gasteiger partial charge is 0.319 e. The van der Waals surface area contributed by atoms with Gasteiger partial charge in [0.2, 0.25) is 0 Å². The van der Waals surface area contributed by atoms with Crippen molar-refractivity contribution in [3.8, 4) is 0 Å². The Labute approximate surface area is 147 Å². The number of pyridine rings is 1. The van der Waals surface area contributed by atoms with Crippen LogP contribution in [0.3, 0.4) is 0 Å². The quantitative estimate of drug-likeness (QED) is 0.866. The summed E-state index contributed by atoms with van der Waals surface area (Å²) in [6, 6.07) is 13.5. The number of benzene rings is 1. The largest absolute Gasteiger partial charge is 0.351 e. The van der Waals surface area contributed by atoms with E-state index in [2.05, 4.69) is 34.1 Å². The standard InChI is InChI=1S/C18H21ClN4O/c19-17-16(7-4-10-21-17)23(18(20)24)15-8-11-22(12-9-15)13-14-5-2-1-3-6-14/h1-7,10,15H,8-9,11-13H2,(H2,20,24). The third kappa shape index (κ3) is 3.86. The summed E-state index contributed by atoms with van der Waals surface area (Å²) >= 11 is 6.15. The van der Waals surface area contributed by atoms with E-state index >= 15 is 0 Å². The normalized spacial score (nSPS) is 16.0. The zero-order valence-electron chi connectivity index (χ0n) is 13.4. The topological polar surface area (TPSA) is 62.5 Å². The molecular weight excluding hydrogens is 324 g/mol. The lowest BCUT2D eigenvalue weighted by Gasteiger charge is -2.37. The van der Waals surface area contributed by atoms with Crippen LogP contribution in [0.5, 0.6) is 0 Å². The number of likely N-dealkylation sites (tertiary alicyclic amines) is 1. The van der Waals surface area contributed by atoms with Crippen LogP contribution in [0.15, 0.2) is 48.7 Å². The Kier molecular flexibility index (Phi) is 5.33. The summed E-state index contributed by atoms with van der Waals surface area (Å²) in [6.45, 7) is 2.76. The summed E-state index contributed by atoms with van der Waals surface area (Å²) in [5.74, 6) is 0. The number of carbonyl (C=O) groups is 1. The van der Waals surface area contributed by atoms with Crippen molar-refractivity contribution >= 4 is 23.3 Å². The number of urea groups is 1. The molecule has 0 atom stereocenters. The molecule has 3 rings (SSSR count). The van der Waals surface area contributed by atoms with Crippen molar-refractivity contribution in [2.45, 2.75) is 25.4 Å². The van der Waals surface area contributed by atoms with Crippen LogP contribution in [-0.2, 0) is 6.54 Å². The average molecular weight is 345 g/mol. The fraction of sp³-hybridized carbons (Fsp3) is 0.333. The van der Waals surface area contributed by atoms with Crippen molar-refractivity contribution < 1.29 is 4.79 Å². The number of hydrogen-bond donors (Lipinski definition) is 1. The monoisotopic (exact) mass is 344 g/mol. The number of piperidine rings is 1. The van der Waals surface area contributed by atoms with Gasteiger partial charge in [0, 0.05) is 31.9 Å². The lowest BCUT2D eigenvalue weighted by atomic mass is 10.0. The van der Waals surface area contributed by atoms with Gasteiger partial charge in [-0.2, -0.15) is 0 Å². The van der Waals surface area contributed by atoms with Gasteiger partial charge in [0.15, 0.2) is 5.15 Å². The minimum atomic E-state index is -0.480. The maximum Gasteiger partial charge on any atom is 0.319 e. The second-order valence-corrected chi connectivity index (χ2v) is 6.37. The molecule has 1 saturated heterocycles. The van der Waals surface area contributed by atoms with Gasteiger partial charge in [-0.25, -0.2) is 9.78 Å². The third-order valence-electron chi connectivity index (χ3n) is 4.41. The Balaban J connectivity index is 1.66. The number of rotatable bonds is 4. The molecule has 2 amide bonds. The van der Waals surface area contributed by atoms with Crippen molar-refractivity contribution in [3.63, 3.8) is 0 Å². The molecule has 0 unspecified atom stereocenters. The molecular formula is C18H21ClN4O. The fourth-order valence-electron chi connectivity index (χ4n) is 3.23. The number of nitrogens with zero attached hydrogens (tertiary/aromatic N) is 3. The summed E-state index contributed by atoms with van der Waals surface area (Å²) < 4.78 is 0. The number of hydrogen-bond acceptors (Lipinski definition) is 3. The van der Waals surface area contributed by atoms with Crippen LogP contribution in [0, 0.1) is 0 Å². The number of primary amides is 1. The van der Waals surface area contributed by atoms with E-state index in [4.69, 9.17) is 17.3 Å². The van der Waals surface area contributed by atoms with Crippen LogP contribution in [0.25, 0.3) is 0 Å². The second-order valence-electron chi connectivity index (χ2n) is 6.01. The first-order valence-corrected chi connectivity index (χ1v) is 8.48. The molecule has 0 bridgehead atoms. The van der Waals surface area contributed by atoms with Gasteiger partial charge in [-0.1, -0.05) is 41.9 Å². The minimum Gasteiger partial charge on any atom is -0.351 e. The van der Waals surface area contributed by atoms with Gasteiger partial charge in [-0.3, -0.25) is 9.80 Å². The third-order valence-corrected chi connectivity index (χ3v) is 4.70. The molecule has 1 fully saturated rings. The van der Waals surface area contributed by atoms with Crippen LogP contribution in [0.1, 0.15) is 18.4 Å². The first kappa shape index (κ1) is 16.7. The molecule has 0 saturated carbocycles. The zero-order valence-corrected chi connectivity index (χ0v) is 14.2. The van der Waals surface area contributed by atoms with Crippen molar-refractivity contribution in [1.82, 2.24) is 9.88 Å². The number of aromatic nitrogens is 1. The first-order chi connectivity index (χ1) is 11.6. The molecule has 2 aromatic rings. The van der Waals surface area contributed by atoms with Gasteiger partial charge >= 0.3 is 6.03 Å². The molecule has 0 aliphatic carbocycles. The summed E-state index contributed by atoms with van der Waals surface area (Å²) in [7, 11) is 0. The van der Waals surface area contributed by atoms with E-state index in [0.717, 1.165) is 32.5 Å². The van der Waals surface area contributed by atoms with Gasteiger partial charge < -0.3 is 5.73 Å². The number of amides is 2. The Bertz CT molecular complexity index is 686. The predicted molar refractivity (Wildman–Crippen MR) is 96.1 cm³/mol. The van der Waals surface area contributed by atoms with E-state index in [9.17, 15) is 4.79 Å². The van der Waals surface area contributed by atoms with Gasteiger partial charge in [0.05, 0.1) is 5.69 Å². The van der Waals surface area contributed by atoms with Crippen molar-refractivity contribution in [2.24, 2.45) is 5.73 Å². The molecule has 0 radical (unpaired) electrons. The van der Waals surface area contributed by atoms with E-state index < -0.39 is 6.03 Å². The Morgan fingerprint density at radius 2 is 1.92 bits per heavy atom. The number of nitrogens with two attached hydrogens (primary N) is 1. The molecule has 5 nitrogen and oxygen atoms in total. The number of halogens is 1. The Morgan fingerprint density at radius 3 is 2.54 bits per heavy atom. The predicted octanol–water partition coefficient (Wildman–Crippen LogP) is 3.28. The maximum absolute atomic E-state index is 12.0. The maximum atomic E-state index is 12.0. The molecule has 2 heterocycles. The second kappa shape index (κ2) is 7.64. The van der Waals surface area contributed by atoms with E-state index in [-0.39, 0.29) is 6.04 Å². The molecule has 6 heteroatoms. The highest BCUT2D eigenvalue weighted by Gasteiger charge is 2.29. The van der Waals surface area contributed by atoms with Crippen LogP contribution < -0.4 is 10.6 Å². The summed E-state index contributed by atoms with van der Waals surface area (Å²) in [5, 5.41) is 0.308. The lowest BCUT2D eigenvalue weighted by Crippen LogP contribution is -2.49. The van der Waals surface area contributed by atoms with Gasteiger partial charge in [0.25, 0.3) is 0 Å². The van der Waals surface area contributed by atoms with Crippen LogP contribution in [0.4, 0.5) is 10.5 Å². The average Bonchev–Trinajstić information content (AvgIpc) is 2.59. The highest BCUT2D eigenvalue weighted by molar-refractivity contribution is 6.32. The van der Waals surface area contributed by atoms with Crippen molar-refractivity contribution in [1.29, 1.82) is 0 Å². The minimum absolute atomic E-state index is 0.0521. The summed E-state index contributed by atoms with van der Waals surface area (Å²) in [6.07, 6.45) is 3.33. The SMILES string of the molecule is NC(=O)N(c1cccnc1Cl)C1CCN(Cc2ccccc2)CC1. The van der Waals surface area contributed by atoms with Crippen molar-refractivity contribution in [2.75, 3.05) is 18.0 Å². The van der Waals surface area contributed by atoms with Crippen LogP contribution >= 0.6 is 11.6 Å². The van der Waals surface area contributed by atoms with E-state index in [1.165, 1.54) is 5.56 Å². The molecule has 1 aromatic carbocycles. The molecule has 126 valence electrons.